The number of benzene rings is 1. The van der Waals surface area contributed by atoms with Crippen LogP contribution in [0.2, 0.25) is 0 Å². The van der Waals surface area contributed by atoms with Crippen LogP contribution in [-0.4, -0.2) is 23.8 Å². The van der Waals surface area contributed by atoms with Crippen LogP contribution in [0.5, 0.6) is 0 Å². The molecule has 0 spiro atoms. The molecule has 1 aromatic carbocycles. The Morgan fingerprint density at radius 2 is 2.00 bits per heavy atom. The van der Waals surface area contributed by atoms with Gasteiger partial charge in [0.15, 0.2) is 0 Å². The molecule has 2 rings (SSSR count). The smallest absolute Gasteiger partial charge is 0.137 e. The number of piperidine rings is 1. The van der Waals surface area contributed by atoms with Crippen LogP contribution in [0, 0.1) is 0 Å². The van der Waals surface area contributed by atoms with E-state index in [-0.39, 0.29) is 6.04 Å². The summed E-state index contributed by atoms with van der Waals surface area (Å²) in [5.41, 5.74) is 2.69. The molecule has 0 saturated carbocycles. The zero-order valence-corrected chi connectivity index (χ0v) is 11.4. The summed E-state index contributed by atoms with van der Waals surface area (Å²) in [7, 11) is 0. The summed E-state index contributed by atoms with van der Waals surface area (Å²) >= 11 is 0. The van der Waals surface area contributed by atoms with E-state index in [0.29, 0.717) is 5.92 Å². The monoisotopic (exact) mass is 245 g/mol. The molecule has 0 aromatic heterocycles. The van der Waals surface area contributed by atoms with Crippen LogP contribution in [0.3, 0.4) is 0 Å². The van der Waals surface area contributed by atoms with Gasteiger partial charge in [-0.25, -0.2) is 0 Å². The molecule has 1 saturated heterocycles. The first-order valence-electron chi connectivity index (χ1n) is 6.99. The third-order valence-corrected chi connectivity index (χ3v) is 3.85. The summed E-state index contributed by atoms with van der Waals surface area (Å²) in [5, 5.41) is 0. The largest absolute Gasteiger partial charge is 0.302 e. The fourth-order valence-corrected chi connectivity index (χ4v) is 2.61. The number of nitrogens with zero attached hydrogens (tertiary/aromatic N) is 1. The molecular weight excluding hydrogens is 222 g/mol. The van der Waals surface area contributed by atoms with E-state index >= 15 is 0 Å². The molecule has 0 radical (unpaired) electrons. The zero-order valence-electron chi connectivity index (χ0n) is 11.4. The van der Waals surface area contributed by atoms with Crippen molar-refractivity contribution in [2.75, 3.05) is 6.54 Å². The summed E-state index contributed by atoms with van der Waals surface area (Å²) in [6.07, 6.45) is 4.54. The second kappa shape index (κ2) is 6.14. The van der Waals surface area contributed by atoms with Gasteiger partial charge in [0.1, 0.15) is 6.29 Å². The molecular formula is C16H23NO. The third-order valence-electron chi connectivity index (χ3n) is 3.85. The number of carbonyl (C=O) groups excluding carboxylic acids is 1. The van der Waals surface area contributed by atoms with Crippen molar-refractivity contribution < 1.29 is 4.79 Å². The number of aldehydes is 1. The minimum atomic E-state index is 0.128. The average molecular weight is 245 g/mol. The first-order chi connectivity index (χ1) is 8.70. The molecule has 0 N–H and O–H groups in total. The summed E-state index contributed by atoms with van der Waals surface area (Å²) in [6.45, 7) is 6.38. The Hall–Kier alpha value is -1.15. The molecule has 18 heavy (non-hydrogen) atoms. The van der Waals surface area contributed by atoms with Crippen molar-refractivity contribution in [2.45, 2.75) is 51.6 Å². The number of likely N-dealkylation sites (tertiary alicyclic amines) is 1. The zero-order chi connectivity index (χ0) is 13.0. The lowest BCUT2D eigenvalue weighted by molar-refractivity contribution is -0.113. The summed E-state index contributed by atoms with van der Waals surface area (Å²) in [6, 6.07) is 8.95. The number of rotatable bonds is 4. The maximum Gasteiger partial charge on any atom is 0.137 e. The highest BCUT2D eigenvalue weighted by Gasteiger charge is 2.21. The third kappa shape index (κ3) is 3.20. The van der Waals surface area contributed by atoms with E-state index in [4.69, 9.17) is 0 Å². The van der Waals surface area contributed by atoms with Gasteiger partial charge in [-0.2, -0.15) is 0 Å². The minimum Gasteiger partial charge on any atom is -0.302 e. The lowest BCUT2D eigenvalue weighted by Crippen LogP contribution is -2.39. The van der Waals surface area contributed by atoms with E-state index in [1.807, 2.05) is 0 Å². The quantitative estimate of drug-likeness (QED) is 0.758. The van der Waals surface area contributed by atoms with Crippen LogP contribution in [0.25, 0.3) is 0 Å². The van der Waals surface area contributed by atoms with Gasteiger partial charge in [0.25, 0.3) is 0 Å². The van der Waals surface area contributed by atoms with Crippen LogP contribution >= 0.6 is 0 Å². The van der Waals surface area contributed by atoms with Crippen LogP contribution in [0.4, 0.5) is 0 Å². The van der Waals surface area contributed by atoms with Crippen molar-refractivity contribution in [3.05, 3.63) is 35.4 Å². The van der Waals surface area contributed by atoms with Gasteiger partial charge in [-0.15, -0.1) is 0 Å². The van der Waals surface area contributed by atoms with E-state index in [9.17, 15) is 4.79 Å². The Kier molecular flexibility index (Phi) is 4.54. The molecule has 1 unspecified atom stereocenters. The molecule has 1 atom stereocenters. The van der Waals surface area contributed by atoms with Crippen molar-refractivity contribution >= 4 is 6.29 Å². The number of carbonyl (C=O) groups is 1. The van der Waals surface area contributed by atoms with Gasteiger partial charge < -0.3 is 4.79 Å². The maximum atomic E-state index is 11.1. The normalized spacial score (nSPS) is 21.2. The average Bonchev–Trinajstić information content (AvgIpc) is 2.40. The van der Waals surface area contributed by atoms with E-state index in [1.54, 1.807) is 0 Å². The molecule has 0 bridgehead atoms. The SMILES string of the molecule is CC(C)c1ccc(CN2CCCCC2C=O)cc1. The van der Waals surface area contributed by atoms with Crippen molar-refractivity contribution in [3.63, 3.8) is 0 Å². The van der Waals surface area contributed by atoms with Gasteiger partial charge in [0, 0.05) is 6.54 Å². The van der Waals surface area contributed by atoms with E-state index in [0.717, 1.165) is 25.8 Å². The highest BCUT2D eigenvalue weighted by molar-refractivity contribution is 5.57. The van der Waals surface area contributed by atoms with E-state index in [2.05, 4.69) is 43.0 Å². The lowest BCUT2D eigenvalue weighted by Gasteiger charge is -2.32. The first kappa shape index (κ1) is 13.3. The maximum absolute atomic E-state index is 11.1. The molecule has 0 aliphatic carbocycles. The second-order valence-electron chi connectivity index (χ2n) is 5.57. The Morgan fingerprint density at radius 1 is 1.28 bits per heavy atom. The van der Waals surface area contributed by atoms with Crippen molar-refractivity contribution in [2.24, 2.45) is 0 Å². The highest BCUT2D eigenvalue weighted by atomic mass is 16.1. The van der Waals surface area contributed by atoms with Crippen LogP contribution < -0.4 is 0 Å². The first-order valence-corrected chi connectivity index (χ1v) is 6.99. The molecule has 1 aliphatic rings. The van der Waals surface area contributed by atoms with Crippen molar-refractivity contribution in [1.29, 1.82) is 0 Å². The van der Waals surface area contributed by atoms with Crippen molar-refractivity contribution in [3.8, 4) is 0 Å². The van der Waals surface area contributed by atoms with Gasteiger partial charge in [-0.05, 0) is 36.4 Å². The number of hydrogen-bond donors (Lipinski definition) is 0. The van der Waals surface area contributed by atoms with Gasteiger partial charge in [-0.3, -0.25) is 4.90 Å². The van der Waals surface area contributed by atoms with E-state index < -0.39 is 0 Å². The van der Waals surface area contributed by atoms with Gasteiger partial charge in [0.2, 0.25) is 0 Å². The van der Waals surface area contributed by atoms with E-state index in [1.165, 1.54) is 24.0 Å². The summed E-state index contributed by atoms with van der Waals surface area (Å²) < 4.78 is 0. The molecule has 2 heteroatoms. The molecule has 1 aliphatic heterocycles. The topological polar surface area (TPSA) is 20.3 Å². The molecule has 1 fully saturated rings. The molecule has 2 nitrogen and oxygen atoms in total. The Bertz CT molecular complexity index is 383. The molecule has 0 amide bonds. The predicted octanol–water partition coefficient (Wildman–Crippen LogP) is 3.36. The Labute approximate surface area is 110 Å². The molecule has 1 aromatic rings. The molecule has 98 valence electrons. The number of hydrogen-bond acceptors (Lipinski definition) is 2. The minimum absolute atomic E-state index is 0.128. The Balaban J connectivity index is 2.01. The van der Waals surface area contributed by atoms with Gasteiger partial charge in [0.05, 0.1) is 6.04 Å². The second-order valence-corrected chi connectivity index (χ2v) is 5.57. The predicted molar refractivity (Wildman–Crippen MR) is 74.6 cm³/mol. The van der Waals surface area contributed by atoms with Gasteiger partial charge in [-0.1, -0.05) is 44.5 Å². The molecule has 1 heterocycles. The highest BCUT2D eigenvalue weighted by Crippen LogP contribution is 2.20. The standard InChI is InChI=1S/C16H23NO/c1-13(2)15-8-6-14(7-9-15)11-17-10-4-3-5-16(17)12-18/h6-9,12-13,16H,3-5,10-11H2,1-2H3. The van der Waals surface area contributed by atoms with Gasteiger partial charge >= 0.3 is 0 Å². The summed E-state index contributed by atoms with van der Waals surface area (Å²) in [4.78, 5) is 13.4. The Morgan fingerprint density at radius 3 is 2.61 bits per heavy atom. The summed E-state index contributed by atoms with van der Waals surface area (Å²) in [5.74, 6) is 0.580. The van der Waals surface area contributed by atoms with Crippen LogP contribution in [0.1, 0.15) is 50.2 Å². The van der Waals surface area contributed by atoms with Crippen LogP contribution in [-0.2, 0) is 11.3 Å². The lowest BCUT2D eigenvalue weighted by atomic mass is 10.00. The fraction of sp³-hybridized carbons (Fsp3) is 0.562. The fourth-order valence-electron chi connectivity index (χ4n) is 2.61. The van der Waals surface area contributed by atoms with Crippen LogP contribution in [0.15, 0.2) is 24.3 Å². The van der Waals surface area contributed by atoms with Crippen molar-refractivity contribution in [1.82, 2.24) is 4.90 Å².